The third-order valence-corrected chi connectivity index (χ3v) is 11.8. The van der Waals surface area contributed by atoms with Gasteiger partial charge >= 0.3 is 5.97 Å². The van der Waals surface area contributed by atoms with Gasteiger partial charge in [0.25, 0.3) is 0 Å². The second kappa shape index (κ2) is 13.8. The first kappa shape index (κ1) is 29.4. The average molecular weight is 614 g/mol. The Labute approximate surface area is 262 Å². The first-order valence-corrected chi connectivity index (χ1v) is 17.2. The highest BCUT2D eigenvalue weighted by Crippen LogP contribution is 2.51. The number of carbonyl (C=O) groups is 1. The maximum absolute atomic E-state index is 13.9. The first-order valence-electron chi connectivity index (χ1n) is 14.5. The van der Waals surface area contributed by atoms with Crippen LogP contribution in [0.25, 0.3) is 5.69 Å². The number of thioether (sulfide) groups is 1. The molecule has 0 aliphatic heterocycles. The molecule has 6 rings (SSSR count). The van der Waals surface area contributed by atoms with Crippen molar-refractivity contribution in [2.24, 2.45) is 4.74 Å². The Balaban J connectivity index is 1.71. The van der Waals surface area contributed by atoms with E-state index >= 15 is 0 Å². The van der Waals surface area contributed by atoms with E-state index in [4.69, 9.17) is 14.6 Å². The van der Waals surface area contributed by atoms with Crippen LogP contribution in [0.1, 0.15) is 22.8 Å². The molecule has 0 aliphatic rings. The van der Waals surface area contributed by atoms with Crippen molar-refractivity contribution in [3.8, 4) is 5.69 Å². The number of hydrogen-bond donors (Lipinski definition) is 0. The van der Waals surface area contributed by atoms with Crippen LogP contribution in [0.4, 0.5) is 5.82 Å². The van der Waals surface area contributed by atoms with Gasteiger partial charge in [-0.05, 0) is 24.6 Å². The fraction of sp³-hybridized carbons (Fsp3) is 0.0811. The molecule has 0 N–H and O–H groups in total. The van der Waals surface area contributed by atoms with Crippen LogP contribution in [0.5, 0.6) is 0 Å². The number of para-hydroxylation sites is 1. The summed E-state index contributed by atoms with van der Waals surface area (Å²) < 4.78 is 13.3. The fourth-order valence-electron chi connectivity index (χ4n) is 5.13. The van der Waals surface area contributed by atoms with Crippen LogP contribution in [0.15, 0.2) is 161 Å². The molecule has 0 amide bonds. The number of hydrogen-bond acceptors (Lipinski definition) is 5. The van der Waals surface area contributed by atoms with Crippen LogP contribution in [-0.4, -0.2) is 22.4 Å². The van der Waals surface area contributed by atoms with Crippen molar-refractivity contribution < 1.29 is 9.53 Å². The van der Waals surface area contributed by atoms with Gasteiger partial charge in [-0.3, -0.25) is 0 Å². The molecule has 0 spiro atoms. The second-order valence-electron chi connectivity index (χ2n) is 9.99. The van der Waals surface area contributed by atoms with E-state index in [9.17, 15) is 4.79 Å². The molecule has 0 unspecified atom stereocenters. The molecular formula is C37H32N3O2PS. The monoisotopic (exact) mass is 613 g/mol. The maximum Gasteiger partial charge on any atom is 0.344 e. The zero-order valence-electron chi connectivity index (χ0n) is 24.4. The number of nitrogens with zero attached hydrogens (tertiary/aromatic N) is 3. The van der Waals surface area contributed by atoms with Gasteiger partial charge in [0.15, 0.2) is 5.82 Å². The third-order valence-electron chi connectivity index (χ3n) is 7.16. The molecule has 5 nitrogen and oxygen atoms in total. The molecule has 0 saturated carbocycles. The molecule has 6 aromatic rings. The molecule has 218 valence electrons. The molecule has 0 atom stereocenters. The van der Waals surface area contributed by atoms with E-state index in [1.165, 1.54) is 11.8 Å². The third kappa shape index (κ3) is 6.05. The quantitative estimate of drug-likeness (QED) is 0.0889. The Kier molecular flexibility index (Phi) is 9.21. The summed E-state index contributed by atoms with van der Waals surface area (Å²) >= 11 is 1.52. The largest absolute Gasteiger partial charge is 0.462 e. The SMILES string of the molecule is CCOC(=O)c1c(SCc2ccccc2)nn(-c2ccccc2)c1N=P(c1ccccc1)(c1ccccc1)c1ccccc1. The first-order chi connectivity index (χ1) is 21.7. The van der Waals surface area contributed by atoms with E-state index in [-0.39, 0.29) is 6.61 Å². The fourth-order valence-corrected chi connectivity index (χ4v) is 9.61. The lowest BCUT2D eigenvalue weighted by Crippen LogP contribution is -2.25. The smallest absolute Gasteiger partial charge is 0.344 e. The van der Waals surface area contributed by atoms with Crippen molar-refractivity contribution in [1.29, 1.82) is 0 Å². The van der Waals surface area contributed by atoms with Crippen molar-refractivity contribution >= 4 is 46.5 Å². The topological polar surface area (TPSA) is 56.5 Å². The van der Waals surface area contributed by atoms with Crippen LogP contribution in [0.3, 0.4) is 0 Å². The number of rotatable bonds is 10. The number of benzene rings is 5. The predicted octanol–water partition coefficient (Wildman–Crippen LogP) is 8.15. The van der Waals surface area contributed by atoms with Crippen LogP contribution in [0, 0.1) is 0 Å². The average Bonchev–Trinajstić information content (AvgIpc) is 3.46. The standard InChI is InChI=1S/C37H32N3O2PS/c1-2-42-37(41)34-35(40(30-20-10-4-11-21-30)38-36(34)44-28-29-18-8-3-9-19-29)39-43(31-22-12-5-13-23-31,32-24-14-6-15-25-32)33-26-16-7-17-27-33/h3-27H,2,28H2,1H3. The van der Waals surface area contributed by atoms with Gasteiger partial charge in [-0.1, -0.05) is 151 Å². The minimum Gasteiger partial charge on any atom is -0.462 e. The van der Waals surface area contributed by atoms with Crippen LogP contribution < -0.4 is 15.9 Å². The number of ether oxygens (including phenoxy) is 1. The summed E-state index contributed by atoms with van der Waals surface area (Å²) in [6.45, 7) is 2.07. The molecule has 5 aromatic carbocycles. The van der Waals surface area contributed by atoms with Gasteiger partial charge in [-0.25, -0.2) is 14.2 Å². The minimum absolute atomic E-state index is 0.244. The zero-order valence-corrected chi connectivity index (χ0v) is 26.1. The van der Waals surface area contributed by atoms with E-state index in [1.807, 2.05) is 115 Å². The summed E-state index contributed by atoms with van der Waals surface area (Å²) in [6.07, 6.45) is 0. The van der Waals surface area contributed by atoms with Crippen LogP contribution in [0.2, 0.25) is 0 Å². The van der Waals surface area contributed by atoms with Crippen molar-refractivity contribution in [3.63, 3.8) is 0 Å². The molecular weight excluding hydrogens is 581 g/mol. The van der Waals surface area contributed by atoms with Gasteiger partial charge in [0.1, 0.15) is 10.6 Å². The molecule has 44 heavy (non-hydrogen) atoms. The predicted molar refractivity (Wildman–Crippen MR) is 183 cm³/mol. The molecule has 0 bridgehead atoms. The van der Waals surface area contributed by atoms with Crippen molar-refractivity contribution in [3.05, 3.63) is 163 Å². The summed E-state index contributed by atoms with van der Waals surface area (Å²) in [4.78, 5) is 13.9. The van der Waals surface area contributed by atoms with Crippen molar-refractivity contribution in [1.82, 2.24) is 9.78 Å². The van der Waals surface area contributed by atoms with Crippen LogP contribution in [-0.2, 0) is 10.5 Å². The van der Waals surface area contributed by atoms with E-state index in [2.05, 4.69) is 48.5 Å². The summed E-state index contributed by atoms with van der Waals surface area (Å²) in [5.41, 5.74) is 2.33. The summed E-state index contributed by atoms with van der Waals surface area (Å²) in [7, 11) is -2.72. The molecule has 7 heteroatoms. The highest BCUT2D eigenvalue weighted by molar-refractivity contribution is 7.98. The Morgan fingerprint density at radius 2 is 1.16 bits per heavy atom. The van der Waals surface area contributed by atoms with Gasteiger partial charge in [0.2, 0.25) is 0 Å². The Bertz CT molecular complexity index is 1780. The Hall–Kier alpha value is -4.64. The van der Waals surface area contributed by atoms with Gasteiger partial charge in [0.05, 0.1) is 19.3 Å². The van der Waals surface area contributed by atoms with E-state index in [0.717, 1.165) is 27.2 Å². The lowest BCUT2D eigenvalue weighted by molar-refractivity contribution is 0.0523. The Morgan fingerprint density at radius 1 is 0.705 bits per heavy atom. The zero-order chi connectivity index (χ0) is 30.2. The van der Waals surface area contributed by atoms with Crippen LogP contribution >= 0.6 is 18.8 Å². The number of aromatic nitrogens is 2. The van der Waals surface area contributed by atoms with E-state index in [1.54, 1.807) is 0 Å². The molecule has 0 saturated heterocycles. The molecule has 0 aliphatic carbocycles. The second-order valence-corrected chi connectivity index (χ2v) is 14.0. The maximum atomic E-state index is 13.9. The lowest BCUT2D eigenvalue weighted by atomic mass is 10.2. The van der Waals surface area contributed by atoms with Crippen molar-refractivity contribution in [2.75, 3.05) is 6.61 Å². The van der Waals surface area contributed by atoms with Gasteiger partial charge in [-0.15, -0.1) is 0 Å². The summed E-state index contributed by atoms with van der Waals surface area (Å²) in [5, 5.41) is 8.88. The van der Waals surface area contributed by atoms with Gasteiger partial charge < -0.3 is 4.74 Å². The molecule has 1 heterocycles. The molecule has 0 radical (unpaired) electrons. The summed E-state index contributed by atoms with van der Waals surface area (Å²) in [5.74, 6) is 0.695. The number of carbonyl (C=O) groups excluding carboxylic acids is 1. The molecule has 0 fully saturated rings. The Morgan fingerprint density at radius 3 is 1.64 bits per heavy atom. The minimum atomic E-state index is -2.72. The molecule has 1 aromatic heterocycles. The summed E-state index contributed by atoms with van der Waals surface area (Å²) in [6, 6.07) is 51.2. The van der Waals surface area contributed by atoms with E-state index < -0.39 is 13.0 Å². The normalized spacial score (nSPS) is 11.2. The lowest BCUT2D eigenvalue weighted by Gasteiger charge is -2.27. The highest BCUT2D eigenvalue weighted by Gasteiger charge is 2.32. The number of esters is 1. The van der Waals surface area contributed by atoms with Gasteiger partial charge in [-0.2, -0.15) is 5.10 Å². The van der Waals surface area contributed by atoms with Crippen molar-refractivity contribution in [2.45, 2.75) is 17.7 Å². The van der Waals surface area contributed by atoms with Gasteiger partial charge in [0, 0.05) is 21.7 Å². The van der Waals surface area contributed by atoms with E-state index in [0.29, 0.717) is 22.2 Å². The highest BCUT2D eigenvalue weighted by atomic mass is 32.2.